The maximum atomic E-state index is 12.2. The van der Waals surface area contributed by atoms with Crippen molar-refractivity contribution in [3.05, 3.63) is 57.5 Å². The van der Waals surface area contributed by atoms with Crippen LogP contribution in [0.3, 0.4) is 0 Å². The predicted molar refractivity (Wildman–Crippen MR) is 88.9 cm³/mol. The van der Waals surface area contributed by atoms with Gasteiger partial charge in [0, 0.05) is 18.8 Å². The van der Waals surface area contributed by atoms with E-state index in [9.17, 15) is 14.4 Å². The van der Waals surface area contributed by atoms with Gasteiger partial charge in [-0.25, -0.2) is 9.48 Å². The van der Waals surface area contributed by atoms with Crippen molar-refractivity contribution < 1.29 is 14.3 Å². The number of nitrogens with zero attached hydrogens (tertiary/aromatic N) is 2. The van der Waals surface area contributed by atoms with Crippen LogP contribution in [0.25, 0.3) is 0 Å². The first-order valence-electron chi connectivity index (χ1n) is 7.42. The summed E-state index contributed by atoms with van der Waals surface area (Å²) >= 11 is 0. The molecule has 1 aromatic heterocycles. The van der Waals surface area contributed by atoms with Gasteiger partial charge >= 0.3 is 5.97 Å². The number of para-hydroxylation sites is 1. The number of rotatable bonds is 4. The molecule has 0 bridgehead atoms. The molecule has 0 fully saturated rings. The SMILES string of the molecule is Cc1cccc(C)c1NC(=O)C(C)OC(=O)c1ccc(=O)n(C)n1. The highest BCUT2D eigenvalue weighted by atomic mass is 16.5. The van der Waals surface area contributed by atoms with Gasteiger partial charge in [-0.2, -0.15) is 5.10 Å². The minimum atomic E-state index is -1.00. The quantitative estimate of drug-likeness (QED) is 0.860. The minimum Gasteiger partial charge on any atom is -0.448 e. The van der Waals surface area contributed by atoms with Crippen molar-refractivity contribution in [1.82, 2.24) is 9.78 Å². The molecule has 2 aromatic rings. The summed E-state index contributed by atoms with van der Waals surface area (Å²) in [5.74, 6) is -1.21. The van der Waals surface area contributed by atoms with E-state index in [1.54, 1.807) is 0 Å². The molecule has 1 heterocycles. The zero-order chi connectivity index (χ0) is 17.9. The van der Waals surface area contributed by atoms with Gasteiger partial charge in [0.2, 0.25) is 0 Å². The van der Waals surface area contributed by atoms with Gasteiger partial charge in [-0.1, -0.05) is 18.2 Å². The second kappa shape index (κ2) is 7.08. The topological polar surface area (TPSA) is 90.3 Å². The van der Waals surface area contributed by atoms with Gasteiger partial charge < -0.3 is 10.1 Å². The zero-order valence-electron chi connectivity index (χ0n) is 14.0. The Morgan fingerprint density at radius 3 is 2.38 bits per heavy atom. The van der Waals surface area contributed by atoms with Crippen LogP contribution in [0.2, 0.25) is 0 Å². The van der Waals surface area contributed by atoms with E-state index >= 15 is 0 Å². The van der Waals surface area contributed by atoms with Crippen molar-refractivity contribution in [2.75, 3.05) is 5.32 Å². The highest BCUT2D eigenvalue weighted by Crippen LogP contribution is 2.19. The fraction of sp³-hybridized carbons (Fsp3) is 0.294. The van der Waals surface area contributed by atoms with Crippen molar-refractivity contribution in [2.45, 2.75) is 26.9 Å². The smallest absolute Gasteiger partial charge is 0.359 e. The predicted octanol–water partition coefficient (Wildman–Crippen LogP) is 1.58. The molecule has 0 spiro atoms. The summed E-state index contributed by atoms with van der Waals surface area (Å²) in [6, 6.07) is 8.14. The number of ether oxygens (including phenoxy) is 1. The van der Waals surface area contributed by atoms with Crippen LogP contribution in [-0.4, -0.2) is 27.8 Å². The Labute approximate surface area is 139 Å². The van der Waals surface area contributed by atoms with Crippen LogP contribution >= 0.6 is 0 Å². The van der Waals surface area contributed by atoms with E-state index < -0.39 is 18.0 Å². The standard InChI is InChI=1S/C17H19N3O4/c1-10-6-5-7-11(2)15(10)18-16(22)12(3)24-17(23)13-8-9-14(21)20(4)19-13/h5-9,12H,1-4H3,(H,18,22). The van der Waals surface area contributed by atoms with Crippen LogP contribution in [0.15, 0.2) is 35.1 Å². The number of carbonyl (C=O) groups excluding carboxylic acids is 2. The van der Waals surface area contributed by atoms with E-state index in [2.05, 4.69) is 10.4 Å². The number of aromatic nitrogens is 2. The number of hydrogen-bond acceptors (Lipinski definition) is 5. The third-order valence-electron chi connectivity index (χ3n) is 3.55. The fourth-order valence-corrected chi connectivity index (χ4v) is 2.12. The molecular formula is C17H19N3O4. The summed E-state index contributed by atoms with van der Waals surface area (Å²) in [4.78, 5) is 35.5. The van der Waals surface area contributed by atoms with Crippen molar-refractivity contribution in [3.8, 4) is 0 Å². The molecule has 7 nitrogen and oxygen atoms in total. The van der Waals surface area contributed by atoms with E-state index in [0.717, 1.165) is 15.8 Å². The Kier molecular flexibility index (Phi) is 5.13. The molecule has 1 aromatic carbocycles. The Bertz CT molecular complexity index is 822. The summed E-state index contributed by atoms with van der Waals surface area (Å²) in [6.07, 6.45) is -1.00. The van der Waals surface area contributed by atoms with E-state index in [1.165, 1.54) is 26.1 Å². The first-order valence-corrected chi connectivity index (χ1v) is 7.42. The summed E-state index contributed by atoms with van der Waals surface area (Å²) in [5.41, 5.74) is 2.16. The molecule has 1 N–H and O–H groups in total. The Morgan fingerprint density at radius 1 is 1.17 bits per heavy atom. The summed E-state index contributed by atoms with van der Waals surface area (Å²) in [6.45, 7) is 5.24. The van der Waals surface area contributed by atoms with Gasteiger partial charge in [0.25, 0.3) is 11.5 Å². The van der Waals surface area contributed by atoms with Gasteiger partial charge in [0.05, 0.1) is 0 Å². The molecule has 7 heteroatoms. The molecule has 2 rings (SSSR count). The molecule has 0 saturated heterocycles. The number of esters is 1. The Hall–Kier alpha value is -2.96. The van der Waals surface area contributed by atoms with E-state index in [4.69, 9.17) is 4.74 Å². The third-order valence-corrected chi connectivity index (χ3v) is 3.55. The normalized spacial score (nSPS) is 11.7. The van der Waals surface area contributed by atoms with Gasteiger partial charge in [-0.15, -0.1) is 0 Å². The lowest BCUT2D eigenvalue weighted by molar-refractivity contribution is -0.123. The third kappa shape index (κ3) is 3.87. The van der Waals surface area contributed by atoms with Crippen LogP contribution in [0.1, 0.15) is 28.5 Å². The second-order valence-corrected chi connectivity index (χ2v) is 5.48. The Balaban J connectivity index is 2.07. The highest BCUT2D eigenvalue weighted by molar-refractivity contribution is 5.97. The monoisotopic (exact) mass is 329 g/mol. The van der Waals surface area contributed by atoms with Gasteiger partial charge in [-0.05, 0) is 38.0 Å². The summed E-state index contributed by atoms with van der Waals surface area (Å²) in [5, 5.41) is 6.56. The molecule has 0 aliphatic carbocycles. The number of aryl methyl sites for hydroxylation is 3. The van der Waals surface area contributed by atoms with E-state index in [0.29, 0.717) is 5.69 Å². The average Bonchev–Trinajstić information content (AvgIpc) is 2.53. The fourth-order valence-electron chi connectivity index (χ4n) is 2.12. The number of nitrogens with one attached hydrogen (secondary N) is 1. The summed E-state index contributed by atoms with van der Waals surface area (Å²) < 4.78 is 6.14. The molecule has 1 atom stereocenters. The first-order chi connectivity index (χ1) is 11.3. The highest BCUT2D eigenvalue weighted by Gasteiger charge is 2.21. The molecule has 0 radical (unpaired) electrons. The number of anilines is 1. The van der Waals surface area contributed by atoms with Crippen LogP contribution in [0.5, 0.6) is 0 Å². The lowest BCUT2D eigenvalue weighted by Gasteiger charge is -2.16. The second-order valence-electron chi connectivity index (χ2n) is 5.48. The zero-order valence-corrected chi connectivity index (χ0v) is 14.0. The van der Waals surface area contributed by atoms with Crippen LogP contribution in [0.4, 0.5) is 5.69 Å². The minimum absolute atomic E-state index is 0.0381. The molecule has 24 heavy (non-hydrogen) atoms. The van der Waals surface area contributed by atoms with Gasteiger partial charge in [0.15, 0.2) is 11.8 Å². The maximum absolute atomic E-state index is 12.2. The largest absolute Gasteiger partial charge is 0.448 e. The number of benzene rings is 1. The van der Waals surface area contributed by atoms with Crippen LogP contribution in [-0.2, 0) is 16.6 Å². The Morgan fingerprint density at radius 2 is 1.79 bits per heavy atom. The molecule has 0 aliphatic heterocycles. The van der Waals surface area contributed by atoms with Crippen molar-refractivity contribution in [3.63, 3.8) is 0 Å². The molecular weight excluding hydrogens is 310 g/mol. The average molecular weight is 329 g/mol. The van der Waals surface area contributed by atoms with Crippen molar-refractivity contribution >= 4 is 17.6 Å². The van der Waals surface area contributed by atoms with Crippen LogP contribution < -0.4 is 10.9 Å². The maximum Gasteiger partial charge on any atom is 0.359 e. The number of carbonyl (C=O) groups is 2. The lowest BCUT2D eigenvalue weighted by Crippen LogP contribution is -2.31. The first kappa shape index (κ1) is 17.4. The molecule has 0 aliphatic rings. The lowest BCUT2D eigenvalue weighted by atomic mass is 10.1. The molecule has 1 unspecified atom stereocenters. The van der Waals surface area contributed by atoms with Gasteiger partial charge in [0.1, 0.15) is 0 Å². The van der Waals surface area contributed by atoms with Crippen LogP contribution in [0, 0.1) is 13.8 Å². The van der Waals surface area contributed by atoms with Crippen molar-refractivity contribution in [1.29, 1.82) is 0 Å². The number of hydrogen-bond donors (Lipinski definition) is 1. The molecule has 126 valence electrons. The number of amides is 1. The van der Waals surface area contributed by atoms with Gasteiger partial charge in [-0.3, -0.25) is 9.59 Å². The van der Waals surface area contributed by atoms with E-state index in [1.807, 2.05) is 32.0 Å². The van der Waals surface area contributed by atoms with Crippen molar-refractivity contribution in [2.24, 2.45) is 7.05 Å². The molecule has 1 amide bonds. The summed E-state index contributed by atoms with van der Waals surface area (Å²) in [7, 11) is 1.43. The van der Waals surface area contributed by atoms with E-state index in [-0.39, 0.29) is 11.3 Å². The molecule has 0 saturated carbocycles.